The molecule has 1 rings (SSSR count). The average Bonchev–Trinajstić information content (AvgIpc) is 2.81. The number of benzene rings is 1. The number of nitrogens with one attached hydrogen (secondary N) is 1. The molecular weight excluding hydrogens is 444 g/mol. The van der Waals surface area contributed by atoms with Crippen molar-refractivity contribution in [1.29, 1.82) is 0 Å². The highest BCUT2D eigenvalue weighted by atomic mass is 16.6. The van der Waals surface area contributed by atoms with Crippen LogP contribution in [0.2, 0.25) is 0 Å². The van der Waals surface area contributed by atoms with Gasteiger partial charge in [0.2, 0.25) is 5.91 Å². The molecule has 1 N–H and O–H groups in total. The Labute approximate surface area is 211 Å². The van der Waals surface area contributed by atoms with Gasteiger partial charge in [-0.2, -0.15) is 0 Å². The van der Waals surface area contributed by atoms with Crippen LogP contribution in [0.1, 0.15) is 134 Å². The van der Waals surface area contributed by atoms with Gasteiger partial charge in [0.05, 0.1) is 10.5 Å². The Balaban J connectivity index is 2.06. The number of nitro groups is 1. The quantitative estimate of drug-likeness (QED) is 0.119. The van der Waals surface area contributed by atoms with Crippen molar-refractivity contribution in [2.75, 3.05) is 0 Å². The summed E-state index contributed by atoms with van der Waals surface area (Å²) in [6.07, 6.45) is 17.4. The number of imide groups is 1. The number of unbranched alkanes of at least 4 members (excludes halogenated alkanes) is 14. The molecule has 0 bridgehead atoms. The van der Waals surface area contributed by atoms with Crippen molar-refractivity contribution in [3.63, 3.8) is 0 Å². The van der Waals surface area contributed by atoms with E-state index in [0.717, 1.165) is 24.8 Å². The summed E-state index contributed by atoms with van der Waals surface area (Å²) in [6, 6.07) is 4.74. The van der Waals surface area contributed by atoms with Crippen LogP contribution in [0.4, 0.5) is 10.5 Å². The van der Waals surface area contributed by atoms with Gasteiger partial charge in [0.25, 0.3) is 5.69 Å². The standard InChI is InChI=1S/C28H46N2O5/c1-4-5-6-7-8-9-10-11-12-13-14-15-16-17-18-19-27(31)29-28(32)35-24(3)25-21-20-23(2)22-26(25)30(33)34/h20-22,24H,4-19H2,1-3H3,(H,29,31,32). The first-order chi connectivity index (χ1) is 16.8. The summed E-state index contributed by atoms with van der Waals surface area (Å²) < 4.78 is 5.19. The lowest BCUT2D eigenvalue weighted by Gasteiger charge is -2.14. The number of nitro benzene ring substituents is 1. The van der Waals surface area contributed by atoms with Crippen LogP contribution in [0.5, 0.6) is 0 Å². The van der Waals surface area contributed by atoms with Crippen LogP contribution < -0.4 is 5.32 Å². The molecule has 2 amide bonds. The van der Waals surface area contributed by atoms with E-state index in [1.807, 2.05) is 0 Å². The van der Waals surface area contributed by atoms with Gasteiger partial charge in [0, 0.05) is 12.5 Å². The summed E-state index contributed by atoms with van der Waals surface area (Å²) in [5.74, 6) is -0.379. The highest BCUT2D eigenvalue weighted by Gasteiger charge is 2.22. The minimum Gasteiger partial charge on any atom is -0.441 e. The summed E-state index contributed by atoms with van der Waals surface area (Å²) in [4.78, 5) is 34.8. The molecule has 0 aliphatic heterocycles. The number of hydrogen-bond acceptors (Lipinski definition) is 5. The highest BCUT2D eigenvalue weighted by Crippen LogP contribution is 2.28. The lowest BCUT2D eigenvalue weighted by Crippen LogP contribution is -2.31. The van der Waals surface area contributed by atoms with Crippen molar-refractivity contribution >= 4 is 17.7 Å². The molecule has 35 heavy (non-hydrogen) atoms. The molecule has 7 nitrogen and oxygen atoms in total. The predicted octanol–water partition coefficient (Wildman–Crippen LogP) is 8.48. The Kier molecular flexibility index (Phi) is 16.5. The zero-order chi connectivity index (χ0) is 25.9. The maximum absolute atomic E-state index is 12.0. The Bertz CT molecular complexity index is 766. The molecule has 7 heteroatoms. The molecule has 0 aromatic heterocycles. The number of hydrogen-bond donors (Lipinski definition) is 1. The predicted molar refractivity (Wildman–Crippen MR) is 140 cm³/mol. The smallest absolute Gasteiger partial charge is 0.414 e. The van der Waals surface area contributed by atoms with Gasteiger partial charge in [0.1, 0.15) is 6.10 Å². The van der Waals surface area contributed by atoms with Crippen LogP contribution in [-0.2, 0) is 9.53 Å². The zero-order valence-electron chi connectivity index (χ0n) is 22.1. The second-order valence-corrected chi connectivity index (χ2v) is 9.61. The Morgan fingerprint density at radius 2 is 1.37 bits per heavy atom. The van der Waals surface area contributed by atoms with Crippen molar-refractivity contribution in [2.24, 2.45) is 0 Å². The topological polar surface area (TPSA) is 98.5 Å². The minimum atomic E-state index is -0.877. The molecule has 1 atom stereocenters. The third kappa shape index (κ3) is 14.5. The average molecular weight is 491 g/mol. The molecule has 1 unspecified atom stereocenters. The van der Waals surface area contributed by atoms with E-state index in [-0.39, 0.29) is 18.0 Å². The van der Waals surface area contributed by atoms with Crippen LogP contribution in [0.15, 0.2) is 18.2 Å². The number of aryl methyl sites for hydroxylation is 1. The third-order valence-corrected chi connectivity index (χ3v) is 6.35. The second-order valence-electron chi connectivity index (χ2n) is 9.61. The summed E-state index contributed by atoms with van der Waals surface area (Å²) >= 11 is 0. The van der Waals surface area contributed by atoms with Crippen molar-refractivity contribution in [3.8, 4) is 0 Å². The van der Waals surface area contributed by atoms with E-state index in [0.29, 0.717) is 5.56 Å². The van der Waals surface area contributed by atoms with Gasteiger partial charge in [-0.05, 0) is 31.9 Å². The van der Waals surface area contributed by atoms with Crippen LogP contribution in [-0.4, -0.2) is 16.9 Å². The van der Waals surface area contributed by atoms with E-state index in [4.69, 9.17) is 4.74 Å². The van der Waals surface area contributed by atoms with Gasteiger partial charge in [-0.1, -0.05) is 103 Å². The first kappa shape index (κ1) is 30.6. The molecule has 1 aromatic carbocycles. The van der Waals surface area contributed by atoms with Crippen molar-refractivity contribution in [2.45, 2.75) is 130 Å². The Morgan fingerprint density at radius 1 is 0.886 bits per heavy atom. The van der Waals surface area contributed by atoms with Gasteiger partial charge in [-0.15, -0.1) is 0 Å². The molecule has 0 saturated heterocycles. The number of carbonyl (C=O) groups excluding carboxylic acids is 2. The maximum atomic E-state index is 12.0. The van der Waals surface area contributed by atoms with Gasteiger partial charge in [0.15, 0.2) is 0 Å². The Morgan fingerprint density at radius 3 is 1.86 bits per heavy atom. The van der Waals surface area contributed by atoms with Crippen LogP contribution in [0.3, 0.4) is 0 Å². The van der Waals surface area contributed by atoms with Crippen LogP contribution in [0.25, 0.3) is 0 Å². The molecular formula is C28H46N2O5. The van der Waals surface area contributed by atoms with Crippen molar-refractivity contribution in [1.82, 2.24) is 5.32 Å². The van der Waals surface area contributed by atoms with Crippen molar-refractivity contribution < 1.29 is 19.2 Å². The van der Waals surface area contributed by atoms with E-state index in [1.165, 1.54) is 83.1 Å². The monoisotopic (exact) mass is 490 g/mol. The molecule has 0 heterocycles. The molecule has 198 valence electrons. The first-order valence-corrected chi connectivity index (χ1v) is 13.6. The van der Waals surface area contributed by atoms with Crippen molar-refractivity contribution in [3.05, 3.63) is 39.4 Å². The zero-order valence-corrected chi connectivity index (χ0v) is 22.1. The number of amides is 2. The van der Waals surface area contributed by atoms with E-state index >= 15 is 0 Å². The number of ether oxygens (including phenoxy) is 1. The molecule has 0 radical (unpaired) electrons. The first-order valence-electron chi connectivity index (χ1n) is 13.6. The van der Waals surface area contributed by atoms with E-state index in [2.05, 4.69) is 12.2 Å². The number of carbonyl (C=O) groups is 2. The molecule has 0 fully saturated rings. The lowest BCUT2D eigenvalue weighted by molar-refractivity contribution is -0.386. The third-order valence-electron chi connectivity index (χ3n) is 6.35. The molecule has 0 aliphatic rings. The number of alkyl carbamates (subject to hydrolysis) is 1. The second kappa shape index (κ2) is 18.8. The highest BCUT2D eigenvalue weighted by molar-refractivity contribution is 5.91. The van der Waals surface area contributed by atoms with E-state index in [9.17, 15) is 19.7 Å². The summed E-state index contributed by atoms with van der Waals surface area (Å²) in [5.41, 5.74) is 0.941. The molecule has 0 spiro atoms. The van der Waals surface area contributed by atoms with E-state index < -0.39 is 17.1 Å². The van der Waals surface area contributed by atoms with Gasteiger partial charge < -0.3 is 4.74 Å². The fourth-order valence-corrected chi connectivity index (χ4v) is 4.24. The maximum Gasteiger partial charge on any atom is 0.414 e. The van der Waals surface area contributed by atoms with Gasteiger partial charge in [-0.3, -0.25) is 20.2 Å². The normalized spacial score (nSPS) is 11.7. The fourth-order valence-electron chi connectivity index (χ4n) is 4.24. The van der Waals surface area contributed by atoms with Gasteiger partial charge >= 0.3 is 6.09 Å². The molecule has 0 aliphatic carbocycles. The fraction of sp³-hybridized carbons (Fsp3) is 0.714. The van der Waals surface area contributed by atoms with Gasteiger partial charge in [-0.25, -0.2) is 4.79 Å². The SMILES string of the molecule is CCCCCCCCCCCCCCCCCC(=O)NC(=O)OC(C)c1ccc(C)cc1[N+](=O)[O-]. The van der Waals surface area contributed by atoms with E-state index in [1.54, 1.807) is 26.0 Å². The van der Waals surface area contributed by atoms with Crippen LogP contribution >= 0.6 is 0 Å². The number of rotatable bonds is 19. The minimum absolute atomic E-state index is 0.102. The number of nitrogens with zero attached hydrogens (tertiary/aromatic N) is 1. The lowest BCUT2D eigenvalue weighted by atomic mass is 10.0. The Hall–Kier alpha value is -2.44. The largest absolute Gasteiger partial charge is 0.441 e. The summed E-state index contributed by atoms with van der Waals surface area (Å²) in [7, 11) is 0. The summed E-state index contributed by atoms with van der Waals surface area (Å²) in [6.45, 7) is 5.56. The molecule has 0 saturated carbocycles. The van der Waals surface area contributed by atoms with Crippen LogP contribution in [0, 0.1) is 17.0 Å². The summed E-state index contributed by atoms with van der Waals surface area (Å²) in [5, 5.41) is 13.5. The molecule has 1 aromatic rings.